The lowest BCUT2D eigenvalue weighted by molar-refractivity contribution is 0.0545. The molecule has 1 aromatic rings. The monoisotopic (exact) mass is 341 g/mol. The van der Waals surface area contributed by atoms with Crippen LogP contribution in [0.2, 0.25) is 0 Å². The first-order valence-electron chi connectivity index (χ1n) is 7.29. The SMILES string of the molecule is CC(c1ccc(Br)cc1F)N1CCN(C2CNC2)CC1. The van der Waals surface area contributed by atoms with Crippen LogP contribution in [0.4, 0.5) is 4.39 Å². The molecule has 2 fully saturated rings. The number of benzene rings is 1. The first-order valence-corrected chi connectivity index (χ1v) is 8.08. The largest absolute Gasteiger partial charge is 0.314 e. The van der Waals surface area contributed by atoms with Crippen LogP contribution in [-0.4, -0.2) is 55.1 Å². The van der Waals surface area contributed by atoms with E-state index in [0.717, 1.165) is 55.3 Å². The van der Waals surface area contributed by atoms with Crippen LogP contribution in [0.5, 0.6) is 0 Å². The third-order valence-electron chi connectivity index (χ3n) is 4.59. The molecule has 1 atom stereocenters. The van der Waals surface area contributed by atoms with Gasteiger partial charge in [-0.25, -0.2) is 4.39 Å². The van der Waals surface area contributed by atoms with Crippen LogP contribution < -0.4 is 5.32 Å². The Bertz CT molecular complexity index is 470. The van der Waals surface area contributed by atoms with E-state index in [1.54, 1.807) is 6.07 Å². The van der Waals surface area contributed by atoms with Gasteiger partial charge in [-0.1, -0.05) is 22.0 Å². The minimum atomic E-state index is -0.113. The van der Waals surface area contributed by atoms with Gasteiger partial charge in [-0.05, 0) is 19.1 Å². The minimum absolute atomic E-state index is 0.113. The number of hydrogen-bond acceptors (Lipinski definition) is 3. The fraction of sp³-hybridized carbons (Fsp3) is 0.600. The molecule has 0 bridgehead atoms. The Kier molecular flexibility index (Phi) is 4.40. The van der Waals surface area contributed by atoms with Crippen LogP contribution in [0.3, 0.4) is 0 Å². The van der Waals surface area contributed by atoms with Crippen molar-refractivity contribution in [3.05, 3.63) is 34.1 Å². The van der Waals surface area contributed by atoms with Crippen LogP contribution in [0.1, 0.15) is 18.5 Å². The highest BCUT2D eigenvalue weighted by Gasteiger charge is 2.29. The molecule has 2 heterocycles. The highest BCUT2D eigenvalue weighted by Crippen LogP contribution is 2.26. The lowest BCUT2D eigenvalue weighted by Gasteiger charge is -2.44. The van der Waals surface area contributed by atoms with E-state index < -0.39 is 0 Å². The third kappa shape index (κ3) is 2.91. The van der Waals surface area contributed by atoms with E-state index in [0.29, 0.717) is 0 Å². The number of halogens is 2. The normalized spacial score (nSPS) is 23.6. The number of nitrogens with zero attached hydrogens (tertiary/aromatic N) is 2. The van der Waals surface area contributed by atoms with Gasteiger partial charge in [0.25, 0.3) is 0 Å². The summed E-state index contributed by atoms with van der Waals surface area (Å²) < 4.78 is 14.8. The average molecular weight is 342 g/mol. The minimum Gasteiger partial charge on any atom is -0.314 e. The predicted octanol–water partition coefficient (Wildman–Crippen LogP) is 2.24. The molecular formula is C15H21BrFN3. The van der Waals surface area contributed by atoms with Crippen molar-refractivity contribution in [2.75, 3.05) is 39.3 Å². The molecule has 5 heteroatoms. The summed E-state index contributed by atoms with van der Waals surface area (Å²) in [5.74, 6) is -0.113. The van der Waals surface area contributed by atoms with Gasteiger partial charge >= 0.3 is 0 Å². The Hall–Kier alpha value is -0.490. The van der Waals surface area contributed by atoms with E-state index in [-0.39, 0.29) is 11.9 Å². The fourth-order valence-electron chi connectivity index (χ4n) is 3.06. The second-order valence-electron chi connectivity index (χ2n) is 5.73. The zero-order chi connectivity index (χ0) is 14.1. The maximum absolute atomic E-state index is 14.0. The zero-order valence-electron chi connectivity index (χ0n) is 11.8. The van der Waals surface area contributed by atoms with Gasteiger partial charge in [0.1, 0.15) is 5.82 Å². The molecule has 0 spiro atoms. The zero-order valence-corrected chi connectivity index (χ0v) is 13.4. The molecule has 1 aromatic carbocycles. The Morgan fingerprint density at radius 2 is 1.95 bits per heavy atom. The second kappa shape index (κ2) is 6.10. The topological polar surface area (TPSA) is 18.5 Å². The summed E-state index contributed by atoms with van der Waals surface area (Å²) in [4.78, 5) is 4.94. The number of piperazine rings is 1. The van der Waals surface area contributed by atoms with Crippen LogP contribution in [-0.2, 0) is 0 Å². The van der Waals surface area contributed by atoms with Crippen LogP contribution in [0, 0.1) is 5.82 Å². The average Bonchev–Trinajstić information content (AvgIpc) is 2.37. The van der Waals surface area contributed by atoms with Crippen molar-refractivity contribution >= 4 is 15.9 Å². The number of rotatable bonds is 3. The molecule has 2 aliphatic rings. The van der Waals surface area contributed by atoms with Crippen LogP contribution >= 0.6 is 15.9 Å². The van der Waals surface area contributed by atoms with Gasteiger partial charge in [0.2, 0.25) is 0 Å². The molecule has 3 rings (SSSR count). The van der Waals surface area contributed by atoms with Gasteiger partial charge in [0, 0.05) is 61.4 Å². The Balaban J connectivity index is 1.62. The maximum atomic E-state index is 14.0. The molecule has 2 saturated heterocycles. The summed E-state index contributed by atoms with van der Waals surface area (Å²) in [6, 6.07) is 6.24. The van der Waals surface area contributed by atoms with E-state index in [2.05, 4.69) is 38.0 Å². The number of hydrogen-bond donors (Lipinski definition) is 1. The molecule has 2 aliphatic heterocycles. The lowest BCUT2D eigenvalue weighted by Crippen LogP contribution is -2.61. The summed E-state index contributed by atoms with van der Waals surface area (Å²) in [7, 11) is 0. The van der Waals surface area contributed by atoms with E-state index >= 15 is 0 Å². The third-order valence-corrected chi connectivity index (χ3v) is 5.08. The van der Waals surface area contributed by atoms with E-state index in [1.165, 1.54) is 0 Å². The van der Waals surface area contributed by atoms with E-state index in [9.17, 15) is 4.39 Å². The smallest absolute Gasteiger partial charge is 0.129 e. The van der Waals surface area contributed by atoms with Gasteiger partial charge in [-0.3, -0.25) is 9.80 Å². The molecule has 3 nitrogen and oxygen atoms in total. The van der Waals surface area contributed by atoms with Crippen molar-refractivity contribution in [2.24, 2.45) is 0 Å². The molecule has 20 heavy (non-hydrogen) atoms. The first kappa shape index (κ1) is 14.4. The molecule has 110 valence electrons. The van der Waals surface area contributed by atoms with Gasteiger partial charge in [0.15, 0.2) is 0 Å². The number of nitrogens with one attached hydrogen (secondary N) is 1. The highest BCUT2D eigenvalue weighted by atomic mass is 79.9. The van der Waals surface area contributed by atoms with Crippen molar-refractivity contribution in [1.82, 2.24) is 15.1 Å². The van der Waals surface area contributed by atoms with Gasteiger partial charge in [-0.15, -0.1) is 0 Å². The van der Waals surface area contributed by atoms with Gasteiger partial charge in [-0.2, -0.15) is 0 Å². The Labute approximate surface area is 128 Å². The molecular weight excluding hydrogens is 321 g/mol. The van der Waals surface area contributed by atoms with Crippen molar-refractivity contribution in [2.45, 2.75) is 19.0 Å². The molecule has 0 aromatic heterocycles. The van der Waals surface area contributed by atoms with Crippen molar-refractivity contribution in [3.63, 3.8) is 0 Å². The predicted molar refractivity (Wildman–Crippen MR) is 82.3 cm³/mol. The highest BCUT2D eigenvalue weighted by molar-refractivity contribution is 9.10. The van der Waals surface area contributed by atoms with Crippen LogP contribution in [0.15, 0.2) is 22.7 Å². The van der Waals surface area contributed by atoms with E-state index in [4.69, 9.17) is 0 Å². The summed E-state index contributed by atoms with van der Waals surface area (Å²) in [5.41, 5.74) is 0.798. The summed E-state index contributed by atoms with van der Waals surface area (Å²) >= 11 is 3.31. The van der Waals surface area contributed by atoms with Gasteiger partial charge in [0.05, 0.1) is 0 Å². The Morgan fingerprint density at radius 1 is 1.25 bits per heavy atom. The van der Waals surface area contributed by atoms with Crippen molar-refractivity contribution in [3.8, 4) is 0 Å². The quantitative estimate of drug-likeness (QED) is 0.909. The molecule has 0 aliphatic carbocycles. The summed E-state index contributed by atoms with van der Waals surface area (Å²) in [6.07, 6.45) is 0. The lowest BCUT2D eigenvalue weighted by atomic mass is 10.0. The fourth-order valence-corrected chi connectivity index (χ4v) is 3.39. The standard InChI is InChI=1S/C15H21BrFN3/c1-11(14-3-2-12(16)8-15(14)17)19-4-6-20(7-5-19)13-9-18-10-13/h2-3,8,11,13,18H,4-7,9-10H2,1H3. The molecule has 1 N–H and O–H groups in total. The maximum Gasteiger partial charge on any atom is 0.129 e. The van der Waals surface area contributed by atoms with E-state index in [1.807, 2.05) is 12.1 Å². The molecule has 0 amide bonds. The van der Waals surface area contributed by atoms with Crippen molar-refractivity contribution in [1.29, 1.82) is 0 Å². The second-order valence-corrected chi connectivity index (χ2v) is 6.64. The molecule has 1 unspecified atom stereocenters. The van der Waals surface area contributed by atoms with Gasteiger partial charge < -0.3 is 5.32 Å². The summed E-state index contributed by atoms with van der Waals surface area (Å²) in [6.45, 7) is 8.57. The van der Waals surface area contributed by atoms with Crippen LogP contribution in [0.25, 0.3) is 0 Å². The van der Waals surface area contributed by atoms with Crippen molar-refractivity contribution < 1.29 is 4.39 Å². The molecule has 0 saturated carbocycles. The first-order chi connectivity index (χ1) is 9.65. The Morgan fingerprint density at radius 3 is 2.50 bits per heavy atom. The summed E-state index contributed by atoms with van der Waals surface area (Å²) in [5, 5.41) is 3.32. The molecule has 0 radical (unpaired) electrons.